The van der Waals surface area contributed by atoms with E-state index in [0.29, 0.717) is 43.4 Å². The first-order valence-corrected chi connectivity index (χ1v) is 11.3. The van der Waals surface area contributed by atoms with Gasteiger partial charge in [0.2, 0.25) is 0 Å². The topological polar surface area (TPSA) is 51.2 Å². The van der Waals surface area contributed by atoms with Gasteiger partial charge in [0.1, 0.15) is 12.4 Å². The van der Waals surface area contributed by atoms with Crippen LogP contribution in [0.5, 0.6) is 17.2 Å². The molecule has 6 heteroatoms. The summed E-state index contributed by atoms with van der Waals surface area (Å²) in [5.74, 6) is 2.06. The van der Waals surface area contributed by atoms with Gasteiger partial charge in [0.15, 0.2) is 11.5 Å². The van der Waals surface area contributed by atoms with E-state index in [1.165, 1.54) is 0 Å². The van der Waals surface area contributed by atoms with Gasteiger partial charge in [-0.2, -0.15) is 0 Å². The quantitative estimate of drug-likeness (QED) is 0.505. The van der Waals surface area contributed by atoms with Gasteiger partial charge < -0.3 is 24.0 Å². The number of amides is 1. The Balaban J connectivity index is 1.39. The minimum absolute atomic E-state index is 0.000604. The van der Waals surface area contributed by atoms with Crippen molar-refractivity contribution in [3.63, 3.8) is 0 Å². The van der Waals surface area contributed by atoms with E-state index >= 15 is 0 Å². The van der Waals surface area contributed by atoms with Gasteiger partial charge in [0.05, 0.1) is 19.4 Å². The fraction of sp³-hybridized carbons (Fsp3) is 0.296. The molecule has 1 amide bonds. The molecule has 6 nitrogen and oxygen atoms in total. The van der Waals surface area contributed by atoms with Gasteiger partial charge in [0.25, 0.3) is 5.91 Å². The number of para-hydroxylation sites is 2. The first-order valence-electron chi connectivity index (χ1n) is 11.3. The molecule has 3 aromatic carbocycles. The fourth-order valence-corrected chi connectivity index (χ4v) is 3.98. The molecule has 0 bridgehead atoms. The summed E-state index contributed by atoms with van der Waals surface area (Å²) in [5, 5.41) is 0. The van der Waals surface area contributed by atoms with Crippen molar-refractivity contribution in [1.82, 2.24) is 4.90 Å². The van der Waals surface area contributed by atoms with E-state index in [1.54, 1.807) is 13.2 Å². The molecule has 0 saturated carbocycles. The first-order chi connectivity index (χ1) is 16.2. The van der Waals surface area contributed by atoms with Gasteiger partial charge in [-0.05, 0) is 42.8 Å². The van der Waals surface area contributed by atoms with E-state index in [-0.39, 0.29) is 5.91 Å². The molecule has 0 atom stereocenters. The van der Waals surface area contributed by atoms with Crippen molar-refractivity contribution in [3.05, 3.63) is 83.9 Å². The van der Waals surface area contributed by atoms with Crippen molar-refractivity contribution in [1.29, 1.82) is 0 Å². The number of ether oxygens (including phenoxy) is 3. The zero-order valence-corrected chi connectivity index (χ0v) is 19.2. The van der Waals surface area contributed by atoms with Gasteiger partial charge in [-0.3, -0.25) is 4.79 Å². The molecule has 0 aromatic heterocycles. The summed E-state index contributed by atoms with van der Waals surface area (Å²) in [6.07, 6.45) is 0. The van der Waals surface area contributed by atoms with Crippen LogP contribution in [0.2, 0.25) is 0 Å². The predicted molar refractivity (Wildman–Crippen MR) is 129 cm³/mol. The highest BCUT2D eigenvalue weighted by molar-refractivity contribution is 5.95. The number of benzene rings is 3. The van der Waals surface area contributed by atoms with Crippen molar-refractivity contribution in [3.8, 4) is 17.2 Å². The van der Waals surface area contributed by atoms with Crippen LogP contribution >= 0.6 is 0 Å². The summed E-state index contributed by atoms with van der Waals surface area (Å²) in [7, 11) is 1.59. The SMILES string of the molecule is CCOc1ccccc1N1CCN(C(=O)c2ccc(OCc3ccccc3)c(OC)c2)CC1. The molecular formula is C27H30N2O4. The average molecular weight is 447 g/mol. The van der Waals surface area contributed by atoms with Crippen LogP contribution in [-0.4, -0.2) is 50.7 Å². The predicted octanol–water partition coefficient (Wildman–Crippen LogP) is 4.64. The molecule has 0 unspecified atom stereocenters. The smallest absolute Gasteiger partial charge is 0.254 e. The number of piperazine rings is 1. The molecule has 1 saturated heterocycles. The van der Waals surface area contributed by atoms with Gasteiger partial charge in [-0.15, -0.1) is 0 Å². The lowest BCUT2D eigenvalue weighted by Gasteiger charge is -2.36. The number of hydrogen-bond acceptors (Lipinski definition) is 5. The first kappa shape index (κ1) is 22.5. The highest BCUT2D eigenvalue weighted by atomic mass is 16.5. The molecular weight excluding hydrogens is 416 g/mol. The van der Waals surface area contributed by atoms with Gasteiger partial charge >= 0.3 is 0 Å². The third-order valence-corrected chi connectivity index (χ3v) is 5.72. The lowest BCUT2D eigenvalue weighted by Crippen LogP contribution is -2.48. The monoisotopic (exact) mass is 446 g/mol. The van der Waals surface area contributed by atoms with E-state index in [0.717, 1.165) is 30.1 Å². The van der Waals surface area contributed by atoms with Crippen LogP contribution < -0.4 is 19.1 Å². The van der Waals surface area contributed by atoms with Crippen LogP contribution in [-0.2, 0) is 6.61 Å². The Labute approximate surface area is 195 Å². The summed E-state index contributed by atoms with van der Waals surface area (Å²) < 4.78 is 17.2. The van der Waals surface area contributed by atoms with E-state index in [9.17, 15) is 4.79 Å². The summed E-state index contributed by atoms with van der Waals surface area (Å²) in [4.78, 5) is 17.3. The Morgan fingerprint density at radius 3 is 2.27 bits per heavy atom. The number of methoxy groups -OCH3 is 1. The zero-order valence-electron chi connectivity index (χ0n) is 19.2. The van der Waals surface area contributed by atoms with Gasteiger partial charge in [0, 0.05) is 31.7 Å². The maximum absolute atomic E-state index is 13.2. The molecule has 0 spiro atoms. The second-order valence-corrected chi connectivity index (χ2v) is 7.82. The van der Waals surface area contributed by atoms with Crippen LogP contribution in [0.1, 0.15) is 22.8 Å². The molecule has 4 rings (SSSR count). The molecule has 3 aromatic rings. The van der Waals surface area contributed by atoms with E-state index < -0.39 is 0 Å². The number of hydrogen-bond donors (Lipinski definition) is 0. The van der Waals surface area contributed by atoms with E-state index in [1.807, 2.05) is 72.5 Å². The van der Waals surface area contributed by atoms with Crippen molar-refractivity contribution < 1.29 is 19.0 Å². The fourth-order valence-electron chi connectivity index (χ4n) is 3.98. The number of anilines is 1. The van der Waals surface area contributed by atoms with Crippen LogP contribution in [0, 0.1) is 0 Å². The summed E-state index contributed by atoms with van der Waals surface area (Å²) in [6.45, 7) is 5.86. The standard InChI is InChI=1S/C27H30N2O4/c1-3-32-24-12-8-7-11-23(24)28-15-17-29(18-16-28)27(30)22-13-14-25(26(19-22)31-2)33-20-21-9-5-4-6-10-21/h4-14,19H,3,15-18,20H2,1-2H3. The zero-order chi connectivity index (χ0) is 23.0. The summed E-state index contributed by atoms with van der Waals surface area (Å²) in [5.41, 5.74) is 2.75. The molecule has 0 N–H and O–H groups in total. The Kier molecular flexibility index (Phi) is 7.35. The Morgan fingerprint density at radius 2 is 1.55 bits per heavy atom. The molecule has 1 heterocycles. The molecule has 1 aliphatic rings. The minimum atomic E-state index is 0.000604. The van der Waals surface area contributed by atoms with Gasteiger partial charge in [-0.1, -0.05) is 42.5 Å². The van der Waals surface area contributed by atoms with E-state index in [4.69, 9.17) is 14.2 Å². The molecule has 0 aliphatic carbocycles. The second kappa shape index (κ2) is 10.8. The molecule has 172 valence electrons. The Morgan fingerprint density at radius 1 is 0.818 bits per heavy atom. The normalized spacial score (nSPS) is 13.5. The van der Waals surface area contributed by atoms with Gasteiger partial charge in [-0.25, -0.2) is 0 Å². The second-order valence-electron chi connectivity index (χ2n) is 7.82. The lowest BCUT2D eigenvalue weighted by atomic mass is 10.1. The van der Waals surface area contributed by atoms with Crippen LogP contribution in [0.4, 0.5) is 5.69 Å². The van der Waals surface area contributed by atoms with Crippen LogP contribution in [0.15, 0.2) is 72.8 Å². The third-order valence-electron chi connectivity index (χ3n) is 5.72. The van der Waals surface area contributed by atoms with Crippen molar-refractivity contribution in [2.24, 2.45) is 0 Å². The van der Waals surface area contributed by atoms with Crippen LogP contribution in [0.3, 0.4) is 0 Å². The number of carbonyl (C=O) groups is 1. The number of nitrogens with zero attached hydrogens (tertiary/aromatic N) is 2. The molecule has 33 heavy (non-hydrogen) atoms. The highest BCUT2D eigenvalue weighted by Crippen LogP contribution is 2.31. The Hall–Kier alpha value is -3.67. The summed E-state index contributed by atoms with van der Waals surface area (Å²) >= 11 is 0. The van der Waals surface area contributed by atoms with Crippen molar-refractivity contribution >= 4 is 11.6 Å². The van der Waals surface area contributed by atoms with Crippen molar-refractivity contribution in [2.45, 2.75) is 13.5 Å². The minimum Gasteiger partial charge on any atom is -0.493 e. The lowest BCUT2D eigenvalue weighted by molar-refractivity contribution is 0.0746. The maximum Gasteiger partial charge on any atom is 0.254 e. The largest absolute Gasteiger partial charge is 0.493 e. The Bertz CT molecular complexity index is 1060. The maximum atomic E-state index is 13.2. The van der Waals surface area contributed by atoms with Crippen molar-refractivity contribution in [2.75, 3.05) is 44.8 Å². The molecule has 1 aliphatic heterocycles. The average Bonchev–Trinajstić information content (AvgIpc) is 2.88. The van der Waals surface area contributed by atoms with E-state index in [2.05, 4.69) is 11.0 Å². The third kappa shape index (κ3) is 5.40. The molecule has 1 fully saturated rings. The summed E-state index contributed by atoms with van der Waals surface area (Å²) in [6, 6.07) is 23.4. The number of carbonyl (C=O) groups excluding carboxylic acids is 1. The molecule has 0 radical (unpaired) electrons. The highest BCUT2D eigenvalue weighted by Gasteiger charge is 2.24. The number of rotatable bonds is 8. The van der Waals surface area contributed by atoms with Crippen LogP contribution in [0.25, 0.3) is 0 Å².